The summed E-state index contributed by atoms with van der Waals surface area (Å²) in [7, 11) is 0. The van der Waals surface area contributed by atoms with Crippen LogP contribution in [0.5, 0.6) is 5.75 Å². The molecule has 36 heavy (non-hydrogen) atoms. The summed E-state index contributed by atoms with van der Waals surface area (Å²) in [4.78, 5) is 10.5. The second-order valence-electron chi connectivity index (χ2n) is 9.07. The number of nitro benzene ring substituents is 1. The van der Waals surface area contributed by atoms with Gasteiger partial charge in [0.1, 0.15) is 29.7 Å². The number of hydrogen-bond acceptors (Lipinski definition) is 8. The Hall–Kier alpha value is -3.34. The maximum absolute atomic E-state index is 11.0. The average Bonchev–Trinajstić information content (AvgIpc) is 2.92. The molecule has 6 atom stereocenters. The Morgan fingerprint density at radius 2 is 1.61 bits per heavy atom. The topological polar surface area (TPSA) is 98.5 Å². The molecule has 4 saturated heterocycles. The molecule has 2 bridgehead atoms. The van der Waals surface area contributed by atoms with Crippen LogP contribution in [0.15, 0.2) is 84.9 Å². The van der Waals surface area contributed by atoms with Gasteiger partial charge < -0.3 is 28.4 Å². The molecule has 0 saturated carbocycles. The second-order valence-corrected chi connectivity index (χ2v) is 9.07. The van der Waals surface area contributed by atoms with Crippen molar-refractivity contribution in [2.75, 3.05) is 13.2 Å². The molecule has 3 aromatic carbocycles. The van der Waals surface area contributed by atoms with Gasteiger partial charge in [0.05, 0.1) is 24.7 Å². The predicted molar refractivity (Wildman–Crippen MR) is 126 cm³/mol. The lowest BCUT2D eigenvalue weighted by molar-refractivity contribution is -0.436. The Balaban J connectivity index is 1.26. The minimum Gasteiger partial charge on any atom is -0.462 e. The van der Waals surface area contributed by atoms with E-state index in [4.69, 9.17) is 28.4 Å². The van der Waals surface area contributed by atoms with Gasteiger partial charge in [-0.05, 0) is 17.7 Å². The molecule has 7 rings (SSSR count). The normalized spacial score (nSPS) is 30.9. The smallest absolute Gasteiger partial charge is 0.269 e. The second kappa shape index (κ2) is 9.61. The summed E-state index contributed by atoms with van der Waals surface area (Å²) in [6, 6.07) is 25.5. The molecule has 0 aliphatic carbocycles. The van der Waals surface area contributed by atoms with Gasteiger partial charge in [0.15, 0.2) is 6.29 Å². The molecule has 0 aromatic heterocycles. The number of fused-ring (bicyclic) bond motifs is 2. The molecule has 1 spiro atoms. The first-order valence-corrected chi connectivity index (χ1v) is 11.8. The van der Waals surface area contributed by atoms with E-state index in [1.165, 1.54) is 24.3 Å². The molecular formula is C27H25NO8. The van der Waals surface area contributed by atoms with E-state index in [1.54, 1.807) is 0 Å². The van der Waals surface area contributed by atoms with E-state index in [1.807, 2.05) is 60.7 Å². The van der Waals surface area contributed by atoms with Crippen molar-refractivity contribution >= 4 is 5.69 Å². The van der Waals surface area contributed by atoms with E-state index < -0.39 is 41.4 Å². The molecule has 9 nitrogen and oxygen atoms in total. The summed E-state index contributed by atoms with van der Waals surface area (Å²) in [5.74, 6) is 0.427. The summed E-state index contributed by atoms with van der Waals surface area (Å²) in [5, 5.41) is 11.0. The summed E-state index contributed by atoms with van der Waals surface area (Å²) < 4.78 is 37.7. The Morgan fingerprint density at radius 1 is 0.917 bits per heavy atom. The van der Waals surface area contributed by atoms with Gasteiger partial charge in [0, 0.05) is 17.7 Å². The zero-order chi connectivity index (χ0) is 24.5. The number of nitrogens with zero attached hydrogens (tertiary/aromatic N) is 1. The van der Waals surface area contributed by atoms with Gasteiger partial charge in [-0.1, -0.05) is 60.7 Å². The van der Waals surface area contributed by atoms with Crippen LogP contribution in [0.25, 0.3) is 0 Å². The Kier molecular flexibility index (Phi) is 6.16. The molecule has 186 valence electrons. The summed E-state index contributed by atoms with van der Waals surface area (Å²) in [6.45, 7) is 0.868. The van der Waals surface area contributed by atoms with Crippen molar-refractivity contribution in [3.8, 4) is 5.75 Å². The minimum absolute atomic E-state index is 0.0200. The molecule has 0 N–H and O–H groups in total. The third-order valence-electron chi connectivity index (χ3n) is 6.69. The van der Waals surface area contributed by atoms with Gasteiger partial charge in [-0.15, -0.1) is 0 Å². The Morgan fingerprint density at radius 3 is 2.33 bits per heavy atom. The molecule has 1 unspecified atom stereocenters. The lowest BCUT2D eigenvalue weighted by atomic mass is 9.83. The van der Waals surface area contributed by atoms with Gasteiger partial charge in [0.2, 0.25) is 6.29 Å². The fourth-order valence-electron chi connectivity index (χ4n) is 4.87. The van der Waals surface area contributed by atoms with Crippen LogP contribution >= 0.6 is 0 Å². The number of nitro groups is 1. The maximum Gasteiger partial charge on any atom is 0.269 e. The lowest BCUT2D eigenvalue weighted by Crippen LogP contribution is -2.76. The highest BCUT2D eigenvalue weighted by Crippen LogP contribution is 2.46. The summed E-state index contributed by atoms with van der Waals surface area (Å²) in [6.07, 6.45) is -2.88. The van der Waals surface area contributed by atoms with E-state index in [9.17, 15) is 10.1 Å². The fourth-order valence-corrected chi connectivity index (χ4v) is 4.87. The van der Waals surface area contributed by atoms with Crippen LogP contribution in [-0.2, 0) is 30.3 Å². The molecule has 4 aliphatic rings. The average molecular weight is 491 g/mol. The van der Waals surface area contributed by atoms with E-state index in [0.29, 0.717) is 12.4 Å². The van der Waals surface area contributed by atoms with Crippen LogP contribution in [0.2, 0.25) is 0 Å². The molecule has 4 aliphatic heterocycles. The number of ether oxygens (including phenoxy) is 6. The first-order chi connectivity index (χ1) is 17.6. The zero-order valence-corrected chi connectivity index (χ0v) is 19.3. The van der Waals surface area contributed by atoms with Crippen LogP contribution in [0.3, 0.4) is 0 Å². The first-order valence-electron chi connectivity index (χ1n) is 11.8. The third kappa shape index (κ3) is 4.36. The molecule has 4 heterocycles. The maximum atomic E-state index is 11.0. The summed E-state index contributed by atoms with van der Waals surface area (Å²) >= 11 is 0. The van der Waals surface area contributed by atoms with Crippen molar-refractivity contribution < 1.29 is 33.3 Å². The van der Waals surface area contributed by atoms with Crippen LogP contribution in [-0.4, -0.2) is 48.3 Å². The third-order valence-corrected chi connectivity index (χ3v) is 6.69. The van der Waals surface area contributed by atoms with Crippen molar-refractivity contribution in [1.29, 1.82) is 0 Å². The highest BCUT2D eigenvalue weighted by Gasteiger charge is 2.64. The molecular weight excluding hydrogens is 466 g/mol. The van der Waals surface area contributed by atoms with Crippen LogP contribution in [0, 0.1) is 10.1 Å². The van der Waals surface area contributed by atoms with Gasteiger partial charge >= 0.3 is 0 Å². The monoisotopic (exact) mass is 491 g/mol. The van der Waals surface area contributed by atoms with Crippen molar-refractivity contribution in [2.45, 2.75) is 43.1 Å². The highest BCUT2D eigenvalue weighted by atomic mass is 16.8. The van der Waals surface area contributed by atoms with Crippen molar-refractivity contribution in [2.24, 2.45) is 0 Å². The first kappa shape index (κ1) is 23.1. The van der Waals surface area contributed by atoms with Gasteiger partial charge in [-0.2, -0.15) is 0 Å². The number of rotatable bonds is 7. The van der Waals surface area contributed by atoms with Crippen LogP contribution in [0.4, 0.5) is 5.69 Å². The van der Waals surface area contributed by atoms with Crippen LogP contribution in [0.1, 0.15) is 17.4 Å². The van der Waals surface area contributed by atoms with E-state index in [0.717, 1.165) is 11.1 Å². The molecule has 9 heteroatoms. The molecule has 3 aromatic rings. The Bertz CT molecular complexity index is 1190. The molecule has 0 amide bonds. The van der Waals surface area contributed by atoms with Gasteiger partial charge in [-0.3, -0.25) is 10.1 Å². The standard InChI is InChI=1S/C27H25NO8/c29-28(30)20-11-13-21(14-12-20)34-26-23-22(31-15-18-7-3-1-4-8-18)24-27(36-26,16-32-23)17-33-25(35-24)19-9-5-2-6-10-19/h1-14,22-26H,15-17H2/t22-,23-,24+,25?,26+,27-/m1/s1. The van der Waals surface area contributed by atoms with Crippen molar-refractivity contribution in [3.63, 3.8) is 0 Å². The SMILES string of the molecule is O=[N+]([O-])c1ccc(O[C@H]2O[C@]34COC(c5ccccc5)O[C@H]3[C@H](OCc3ccccc3)[C@H]2OC4)cc1. The van der Waals surface area contributed by atoms with E-state index in [-0.39, 0.29) is 18.9 Å². The van der Waals surface area contributed by atoms with Gasteiger partial charge in [0.25, 0.3) is 5.69 Å². The number of non-ortho nitro benzene ring substituents is 1. The zero-order valence-electron chi connectivity index (χ0n) is 19.3. The van der Waals surface area contributed by atoms with E-state index in [2.05, 4.69) is 0 Å². The van der Waals surface area contributed by atoms with Gasteiger partial charge in [-0.25, -0.2) is 0 Å². The number of benzene rings is 3. The highest BCUT2D eigenvalue weighted by molar-refractivity contribution is 5.36. The van der Waals surface area contributed by atoms with Crippen LogP contribution < -0.4 is 4.74 Å². The quantitative estimate of drug-likeness (QED) is 0.359. The van der Waals surface area contributed by atoms with Crippen molar-refractivity contribution in [3.05, 3.63) is 106 Å². The lowest BCUT2D eigenvalue weighted by Gasteiger charge is -2.59. The minimum atomic E-state index is -0.924. The summed E-state index contributed by atoms with van der Waals surface area (Å²) in [5.41, 5.74) is 0.990. The predicted octanol–water partition coefficient (Wildman–Crippen LogP) is 4.17. The molecule has 0 radical (unpaired) electrons. The number of hydrogen-bond donors (Lipinski definition) is 0. The van der Waals surface area contributed by atoms with E-state index >= 15 is 0 Å². The Labute approximate surface area is 207 Å². The fraction of sp³-hybridized carbons (Fsp3) is 0.333. The van der Waals surface area contributed by atoms with Crippen molar-refractivity contribution in [1.82, 2.24) is 0 Å². The molecule has 4 fully saturated rings. The largest absolute Gasteiger partial charge is 0.462 e.